The number of nitrogens with zero attached hydrogens (tertiary/aromatic N) is 1. The zero-order valence-corrected chi connectivity index (χ0v) is 14.9. The van der Waals surface area contributed by atoms with E-state index in [0.717, 1.165) is 32.5 Å². The van der Waals surface area contributed by atoms with Crippen LogP contribution < -0.4 is 0 Å². The second-order valence-corrected chi connectivity index (χ2v) is 7.51. The fraction of sp³-hybridized carbons (Fsp3) is 0.444. The maximum absolute atomic E-state index is 8.74. The Kier molecular flexibility index (Phi) is 6.42. The number of piperidine rings is 1. The average Bonchev–Trinajstić information content (AvgIpc) is 3.28. The van der Waals surface area contributed by atoms with Crippen LogP contribution in [0, 0.1) is 0 Å². The number of hydrogen-bond acceptors (Lipinski definition) is 5. The number of hydrogen-bond donors (Lipinski definition) is 1. The summed E-state index contributed by atoms with van der Waals surface area (Å²) in [4.78, 5) is 5.24. The third-order valence-electron chi connectivity index (χ3n) is 4.14. The van der Waals surface area contributed by atoms with Crippen LogP contribution in [0.15, 0.2) is 40.6 Å². The summed E-state index contributed by atoms with van der Waals surface area (Å²) < 4.78 is 5.38. The van der Waals surface area contributed by atoms with E-state index in [1.165, 1.54) is 15.3 Å². The van der Waals surface area contributed by atoms with Gasteiger partial charge in [-0.25, -0.2) is 0 Å². The van der Waals surface area contributed by atoms with Gasteiger partial charge in [0.15, 0.2) is 0 Å². The third kappa shape index (κ3) is 4.52. The van der Waals surface area contributed by atoms with Gasteiger partial charge in [-0.1, -0.05) is 17.7 Å². The molecule has 1 fully saturated rings. The summed E-state index contributed by atoms with van der Waals surface area (Å²) in [6.45, 7) is 4.41. The molecule has 2 aromatic rings. The fourth-order valence-corrected chi connectivity index (χ4v) is 4.70. The first-order valence-corrected chi connectivity index (χ1v) is 9.85. The second kappa shape index (κ2) is 8.76. The number of likely N-dealkylation sites (tertiary alicyclic amines) is 1. The Hall–Kier alpha value is -0.980. The van der Waals surface area contributed by atoms with Crippen LogP contribution in [0.3, 0.4) is 0 Å². The summed E-state index contributed by atoms with van der Waals surface area (Å²) in [5, 5.41) is 13.1. The molecule has 0 aliphatic carbocycles. The summed E-state index contributed by atoms with van der Waals surface area (Å²) in [5.41, 5.74) is 3.05. The highest BCUT2D eigenvalue weighted by Crippen LogP contribution is 2.36. The van der Waals surface area contributed by atoms with Gasteiger partial charge >= 0.3 is 0 Å². The molecule has 1 aliphatic heterocycles. The molecule has 0 unspecified atom stereocenters. The van der Waals surface area contributed by atoms with Crippen molar-refractivity contribution in [1.29, 1.82) is 0 Å². The molecule has 0 radical (unpaired) electrons. The van der Waals surface area contributed by atoms with Gasteiger partial charge in [0.05, 0.1) is 19.8 Å². The molecule has 0 spiro atoms. The molecule has 0 amide bonds. The minimum atomic E-state index is 0.109. The van der Waals surface area contributed by atoms with Gasteiger partial charge < -0.3 is 14.7 Å². The van der Waals surface area contributed by atoms with E-state index in [1.54, 1.807) is 5.57 Å². The molecule has 124 valence electrons. The maximum atomic E-state index is 8.74. The van der Waals surface area contributed by atoms with Gasteiger partial charge in [0, 0.05) is 35.0 Å². The predicted octanol–water partition coefficient (Wildman–Crippen LogP) is 3.72. The van der Waals surface area contributed by atoms with E-state index in [1.807, 2.05) is 22.7 Å². The SMILES string of the molecule is OCCOCCN1CCC(=C(c2cccs2)c2cccs2)CC1. The van der Waals surface area contributed by atoms with Gasteiger partial charge in [0.2, 0.25) is 0 Å². The summed E-state index contributed by atoms with van der Waals surface area (Å²) in [5.74, 6) is 0. The molecule has 5 heteroatoms. The second-order valence-electron chi connectivity index (χ2n) is 5.61. The number of aliphatic hydroxyl groups is 1. The summed E-state index contributed by atoms with van der Waals surface area (Å²) in [7, 11) is 0. The quantitative estimate of drug-likeness (QED) is 0.774. The van der Waals surface area contributed by atoms with E-state index >= 15 is 0 Å². The third-order valence-corrected chi connectivity index (χ3v) is 5.91. The van der Waals surface area contributed by atoms with Crippen LogP contribution in [0.2, 0.25) is 0 Å². The highest BCUT2D eigenvalue weighted by Gasteiger charge is 2.19. The Morgan fingerprint density at radius 1 is 1.04 bits per heavy atom. The van der Waals surface area contributed by atoms with E-state index < -0.39 is 0 Å². The van der Waals surface area contributed by atoms with Crippen molar-refractivity contribution in [2.75, 3.05) is 39.5 Å². The molecule has 1 N–H and O–H groups in total. The lowest BCUT2D eigenvalue weighted by atomic mass is 9.96. The topological polar surface area (TPSA) is 32.7 Å². The van der Waals surface area contributed by atoms with Crippen LogP contribution in [0.4, 0.5) is 0 Å². The highest BCUT2D eigenvalue weighted by atomic mass is 32.1. The molecule has 3 nitrogen and oxygen atoms in total. The minimum absolute atomic E-state index is 0.109. The monoisotopic (exact) mass is 349 g/mol. The first-order valence-electron chi connectivity index (χ1n) is 8.09. The Bertz CT molecular complexity index is 559. The molecule has 1 aliphatic rings. The molecule has 0 atom stereocenters. The van der Waals surface area contributed by atoms with Crippen molar-refractivity contribution < 1.29 is 9.84 Å². The van der Waals surface area contributed by atoms with Crippen LogP contribution in [-0.2, 0) is 4.74 Å². The molecule has 0 aromatic carbocycles. The van der Waals surface area contributed by atoms with Crippen LogP contribution in [0.25, 0.3) is 5.57 Å². The molecule has 23 heavy (non-hydrogen) atoms. The smallest absolute Gasteiger partial charge is 0.0698 e. The maximum Gasteiger partial charge on any atom is 0.0698 e. The lowest BCUT2D eigenvalue weighted by Gasteiger charge is -2.29. The van der Waals surface area contributed by atoms with Gasteiger partial charge in [-0.15, -0.1) is 22.7 Å². The molecule has 2 aromatic heterocycles. The Morgan fingerprint density at radius 2 is 1.70 bits per heavy atom. The van der Waals surface area contributed by atoms with E-state index in [0.29, 0.717) is 13.2 Å². The molecule has 1 saturated heterocycles. The molecular formula is C18H23NO2S2. The van der Waals surface area contributed by atoms with Crippen LogP contribution in [0.1, 0.15) is 22.6 Å². The summed E-state index contributed by atoms with van der Waals surface area (Å²) in [6, 6.07) is 8.76. The van der Waals surface area contributed by atoms with Crippen molar-refractivity contribution in [2.45, 2.75) is 12.8 Å². The van der Waals surface area contributed by atoms with E-state index in [4.69, 9.17) is 9.84 Å². The van der Waals surface area contributed by atoms with Gasteiger partial charge in [0.1, 0.15) is 0 Å². The van der Waals surface area contributed by atoms with Crippen LogP contribution in [-0.4, -0.2) is 49.5 Å². The highest BCUT2D eigenvalue weighted by molar-refractivity contribution is 7.13. The number of aliphatic hydroxyl groups excluding tert-OH is 1. The Labute approximate surface area is 145 Å². The summed E-state index contributed by atoms with van der Waals surface area (Å²) in [6.07, 6.45) is 2.26. The van der Waals surface area contributed by atoms with Gasteiger partial charge in [-0.3, -0.25) is 0 Å². The Morgan fingerprint density at radius 3 is 2.22 bits per heavy atom. The van der Waals surface area contributed by atoms with Gasteiger partial charge in [-0.05, 0) is 35.7 Å². The number of rotatable bonds is 7. The van der Waals surface area contributed by atoms with Crippen molar-refractivity contribution in [3.8, 4) is 0 Å². The predicted molar refractivity (Wildman–Crippen MR) is 98.2 cm³/mol. The van der Waals surface area contributed by atoms with Crippen LogP contribution in [0.5, 0.6) is 0 Å². The molecule has 0 saturated carbocycles. The lowest BCUT2D eigenvalue weighted by molar-refractivity contribution is 0.0720. The molecular weight excluding hydrogens is 326 g/mol. The number of thiophene rings is 2. The van der Waals surface area contributed by atoms with Crippen molar-refractivity contribution in [3.63, 3.8) is 0 Å². The van der Waals surface area contributed by atoms with Crippen LogP contribution >= 0.6 is 22.7 Å². The van der Waals surface area contributed by atoms with Gasteiger partial charge in [0.25, 0.3) is 0 Å². The van der Waals surface area contributed by atoms with Crippen molar-refractivity contribution in [1.82, 2.24) is 4.90 Å². The molecule has 3 heterocycles. The van der Waals surface area contributed by atoms with Crippen molar-refractivity contribution in [2.24, 2.45) is 0 Å². The summed E-state index contributed by atoms with van der Waals surface area (Å²) >= 11 is 3.67. The fourth-order valence-electron chi connectivity index (χ4n) is 2.97. The molecule has 3 rings (SSSR count). The normalized spacial score (nSPS) is 16.0. The van der Waals surface area contributed by atoms with Crippen molar-refractivity contribution >= 4 is 28.2 Å². The van der Waals surface area contributed by atoms with E-state index in [2.05, 4.69) is 39.9 Å². The molecule has 0 bridgehead atoms. The first-order chi connectivity index (χ1) is 11.4. The lowest BCUT2D eigenvalue weighted by Crippen LogP contribution is -2.34. The standard InChI is InChI=1S/C18H23NO2S2/c20-10-12-21-11-9-19-7-5-15(6-8-19)18(16-3-1-13-22-16)17-4-2-14-23-17/h1-4,13-14,20H,5-12H2. The zero-order valence-electron chi connectivity index (χ0n) is 13.2. The van der Waals surface area contributed by atoms with Gasteiger partial charge in [-0.2, -0.15) is 0 Å². The average molecular weight is 350 g/mol. The minimum Gasteiger partial charge on any atom is -0.394 e. The zero-order chi connectivity index (χ0) is 15.9. The largest absolute Gasteiger partial charge is 0.394 e. The van der Waals surface area contributed by atoms with E-state index in [9.17, 15) is 0 Å². The number of ether oxygens (including phenoxy) is 1. The van der Waals surface area contributed by atoms with E-state index in [-0.39, 0.29) is 6.61 Å². The van der Waals surface area contributed by atoms with Crippen molar-refractivity contribution in [3.05, 3.63) is 50.4 Å². The first kappa shape index (κ1) is 16.9. The Balaban J connectivity index is 1.66.